The molecule has 1 atom stereocenters. The van der Waals surface area contributed by atoms with Gasteiger partial charge in [-0.1, -0.05) is 18.9 Å². The minimum atomic E-state index is -0.162. The first-order chi connectivity index (χ1) is 10.3. The Morgan fingerprint density at radius 1 is 1.19 bits per heavy atom. The molecule has 21 heavy (non-hydrogen) atoms. The number of hydrogen-bond acceptors (Lipinski definition) is 3. The van der Waals surface area contributed by atoms with Crippen molar-refractivity contribution in [3.63, 3.8) is 0 Å². The Morgan fingerprint density at radius 3 is 2.76 bits per heavy atom. The molecule has 1 unspecified atom stereocenters. The molecule has 3 rings (SSSR count). The van der Waals surface area contributed by atoms with Crippen molar-refractivity contribution in [3.05, 3.63) is 29.6 Å². The molecule has 0 aromatic heterocycles. The van der Waals surface area contributed by atoms with Gasteiger partial charge < -0.3 is 15.3 Å². The van der Waals surface area contributed by atoms with E-state index in [9.17, 15) is 9.50 Å². The Kier molecular flexibility index (Phi) is 4.76. The maximum absolute atomic E-state index is 14.5. The minimum Gasteiger partial charge on any atom is -0.394 e. The number of aliphatic hydroxyl groups excluding tert-OH is 1. The molecule has 0 radical (unpaired) electrons. The number of hydrogen-bond donors (Lipinski definition) is 2. The molecule has 1 heterocycles. The number of halogens is 1. The topological polar surface area (TPSA) is 35.5 Å². The predicted octanol–water partition coefficient (Wildman–Crippen LogP) is 2.82. The van der Waals surface area contributed by atoms with Crippen LogP contribution >= 0.6 is 0 Å². The molecule has 1 aliphatic carbocycles. The van der Waals surface area contributed by atoms with Gasteiger partial charge in [-0.15, -0.1) is 0 Å². The Bertz CT molecular complexity index is 476. The first-order valence-electron chi connectivity index (χ1n) is 8.17. The summed E-state index contributed by atoms with van der Waals surface area (Å²) in [4.78, 5) is 2.06. The van der Waals surface area contributed by atoms with Gasteiger partial charge >= 0.3 is 0 Å². The third-order valence-electron chi connectivity index (χ3n) is 4.58. The van der Waals surface area contributed by atoms with Crippen molar-refractivity contribution < 1.29 is 9.50 Å². The molecule has 1 aromatic carbocycles. The Hall–Kier alpha value is -1.13. The zero-order chi connectivity index (χ0) is 14.7. The number of nitrogens with zero attached hydrogens (tertiary/aromatic N) is 1. The number of anilines is 1. The van der Waals surface area contributed by atoms with Crippen molar-refractivity contribution in [2.45, 2.75) is 57.2 Å². The first-order valence-corrected chi connectivity index (χ1v) is 8.17. The fourth-order valence-electron chi connectivity index (χ4n) is 3.13. The standard InChI is InChI=1S/C17H25FN2O/c18-16-10-13(11-19-14-6-7-14)5-8-17(16)20-9-3-1-2-4-15(20)12-21/h5,8,10,14-15,19,21H,1-4,6-7,9,11-12H2. The van der Waals surface area contributed by atoms with E-state index in [1.807, 2.05) is 12.1 Å². The zero-order valence-corrected chi connectivity index (χ0v) is 12.5. The predicted molar refractivity (Wildman–Crippen MR) is 82.9 cm³/mol. The summed E-state index contributed by atoms with van der Waals surface area (Å²) in [5, 5.41) is 13.0. The molecule has 1 saturated carbocycles. The number of benzene rings is 1. The molecule has 0 amide bonds. The van der Waals surface area contributed by atoms with Crippen LogP contribution in [0.2, 0.25) is 0 Å². The zero-order valence-electron chi connectivity index (χ0n) is 12.5. The molecular formula is C17H25FN2O. The van der Waals surface area contributed by atoms with Crippen molar-refractivity contribution in [1.82, 2.24) is 5.32 Å². The SMILES string of the molecule is OCC1CCCCCN1c1ccc(CNC2CC2)cc1F. The smallest absolute Gasteiger partial charge is 0.146 e. The molecular weight excluding hydrogens is 267 g/mol. The van der Waals surface area contributed by atoms with Crippen LogP contribution in [0.25, 0.3) is 0 Å². The summed E-state index contributed by atoms with van der Waals surface area (Å²) in [5.41, 5.74) is 1.64. The van der Waals surface area contributed by atoms with Gasteiger partial charge in [-0.25, -0.2) is 4.39 Å². The van der Waals surface area contributed by atoms with E-state index in [1.165, 1.54) is 12.8 Å². The average Bonchev–Trinajstić information content (AvgIpc) is 3.32. The molecule has 1 aliphatic heterocycles. The van der Waals surface area contributed by atoms with E-state index >= 15 is 0 Å². The van der Waals surface area contributed by atoms with Gasteiger partial charge in [0, 0.05) is 19.1 Å². The monoisotopic (exact) mass is 292 g/mol. The molecule has 1 aromatic rings. The van der Waals surface area contributed by atoms with E-state index < -0.39 is 0 Å². The van der Waals surface area contributed by atoms with Gasteiger partial charge in [0.25, 0.3) is 0 Å². The van der Waals surface area contributed by atoms with Gasteiger partial charge in [0.15, 0.2) is 0 Å². The molecule has 0 spiro atoms. The highest BCUT2D eigenvalue weighted by Gasteiger charge is 2.23. The average molecular weight is 292 g/mol. The number of rotatable bonds is 5. The van der Waals surface area contributed by atoms with Crippen molar-refractivity contribution >= 4 is 5.69 Å². The lowest BCUT2D eigenvalue weighted by atomic mass is 10.1. The summed E-state index contributed by atoms with van der Waals surface area (Å²) < 4.78 is 14.5. The Morgan fingerprint density at radius 2 is 2.05 bits per heavy atom. The van der Waals surface area contributed by atoms with Gasteiger partial charge in [-0.05, 0) is 43.4 Å². The normalized spacial score (nSPS) is 23.1. The van der Waals surface area contributed by atoms with Gasteiger partial charge in [-0.2, -0.15) is 0 Å². The summed E-state index contributed by atoms with van der Waals surface area (Å²) >= 11 is 0. The van der Waals surface area contributed by atoms with Crippen molar-refractivity contribution in [2.75, 3.05) is 18.1 Å². The third kappa shape index (κ3) is 3.74. The van der Waals surface area contributed by atoms with E-state index in [0.29, 0.717) is 11.7 Å². The quantitative estimate of drug-likeness (QED) is 0.876. The molecule has 4 heteroatoms. The van der Waals surface area contributed by atoms with Crippen LogP contribution < -0.4 is 10.2 Å². The van der Waals surface area contributed by atoms with Crippen molar-refractivity contribution in [2.24, 2.45) is 0 Å². The van der Waals surface area contributed by atoms with Crippen LogP contribution in [0.15, 0.2) is 18.2 Å². The van der Waals surface area contributed by atoms with Crippen LogP contribution in [0.5, 0.6) is 0 Å². The first kappa shape index (κ1) is 14.8. The van der Waals surface area contributed by atoms with Gasteiger partial charge in [0.1, 0.15) is 5.82 Å². The Balaban J connectivity index is 1.73. The van der Waals surface area contributed by atoms with Crippen LogP contribution in [-0.2, 0) is 6.54 Å². The molecule has 3 nitrogen and oxygen atoms in total. The van der Waals surface area contributed by atoms with Crippen molar-refractivity contribution in [1.29, 1.82) is 0 Å². The molecule has 2 aliphatic rings. The largest absolute Gasteiger partial charge is 0.394 e. The molecule has 2 fully saturated rings. The summed E-state index contributed by atoms with van der Waals surface area (Å²) in [6.07, 6.45) is 6.78. The van der Waals surface area contributed by atoms with E-state index in [4.69, 9.17) is 0 Å². The third-order valence-corrected chi connectivity index (χ3v) is 4.58. The van der Waals surface area contributed by atoms with Crippen LogP contribution in [0.3, 0.4) is 0 Å². The van der Waals surface area contributed by atoms with Gasteiger partial charge in [0.2, 0.25) is 0 Å². The van der Waals surface area contributed by atoms with Gasteiger partial charge in [-0.3, -0.25) is 0 Å². The fraction of sp³-hybridized carbons (Fsp3) is 0.647. The molecule has 116 valence electrons. The summed E-state index contributed by atoms with van der Waals surface area (Å²) in [5.74, 6) is -0.162. The summed E-state index contributed by atoms with van der Waals surface area (Å²) in [6.45, 7) is 1.68. The minimum absolute atomic E-state index is 0.0532. The Labute approximate surface area is 126 Å². The highest BCUT2D eigenvalue weighted by Crippen LogP contribution is 2.27. The van der Waals surface area contributed by atoms with Crippen LogP contribution in [0.1, 0.15) is 44.1 Å². The van der Waals surface area contributed by atoms with E-state index in [0.717, 1.165) is 44.3 Å². The molecule has 1 saturated heterocycles. The number of aliphatic hydroxyl groups is 1. The van der Waals surface area contributed by atoms with Gasteiger partial charge in [0.05, 0.1) is 18.3 Å². The van der Waals surface area contributed by atoms with Crippen molar-refractivity contribution in [3.8, 4) is 0 Å². The second-order valence-electron chi connectivity index (χ2n) is 6.32. The lowest BCUT2D eigenvalue weighted by molar-refractivity contribution is 0.254. The maximum atomic E-state index is 14.5. The van der Waals surface area contributed by atoms with E-state index in [1.54, 1.807) is 6.07 Å². The fourth-order valence-corrected chi connectivity index (χ4v) is 3.13. The van der Waals surface area contributed by atoms with Crippen LogP contribution in [0.4, 0.5) is 10.1 Å². The maximum Gasteiger partial charge on any atom is 0.146 e. The molecule has 2 N–H and O–H groups in total. The summed E-state index contributed by atoms with van der Waals surface area (Å²) in [7, 11) is 0. The molecule has 0 bridgehead atoms. The highest BCUT2D eigenvalue weighted by molar-refractivity contribution is 5.50. The second kappa shape index (κ2) is 6.75. The van der Waals surface area contributed by atoms with E-state index in [2.05, 4.69) is 10.2 Å². The highest BCUT2D eigenvalue weighted by atomic mass is 19.1. The number of nitrogens with one attached hydrogen (secondary N) is 1. The summed E-state index contributed by atoms with van der Waals surface area (Å²) in [6, 6.07) is 6.22. The lowest BCUT2D eigenvalue weighted by Gasteiger charge is -2.31. The van der Waals surface area contributed by atoms with Crippen LogP contribution in [0, 0.1) is 5.82 Å². The van der Waals surface area contributed by atoms with Crippen LogP contribution in [-0.4, -0.2) is 30.3 Å². The van der Waals surface area contributed by atoms with E-state index in [-0.39, 0.29) is 18.5 Å². The second-order valence-corrected chi connectivity index (χ2v) is 6.32. The lowest BCUT2D eigenvalue weighted by Crippen LogP contribution is -2.38.